The molecule has 0 spiro atoms. The van der Waals surface area contributed by atoms with Crippen LogP contribution in [0, 0.1) is 5.92 Å². The lowest BCUT2D eigenvalue weighted by Crippen LogP contribution is -2.39. The summed E-state index contributed by atoms with van der Waals surface area (Å²) in [6.07, 6.45) is 2.03. The zero-order valence-corrected chi connectivity index (χ0v) is 16.1. The van der Waals surface area contributed by atoms with Crippen LogP contribution in [-0.4, -0.2) is 23.4 Å². The third kappa shape index (κ3) is 5.47. The van der Waals surface area contributed by atoms with E-state index < -0.39 is 0 Å². The van der Waals surface area contributed by atoms with Gasteiger partial charge >= 0.3 is 6.03 Å². The summed E-state index contributed by atoms with van der Waals surface area (Å²) in [6, 6.07) is 14.7. The molecule has 3 rings (SSSR count). The number of anilines is 1. The van der Waals surface area contributed by atoms with Crippen LogP contribution < -0.4 is 10.6 Å². The molecular formula is C21H24ClN3O2. The Labute approximate surface area is 164 Å². The number of piperidine rings is 1. The van der Waals surface area contributed by atoms with Crippen molar-refractivity contribution < 1.29 is 9.59 Å². The maximum atomic E-state index is 12.2. The maximum absolute atomic E-state index is 12.2. The van der Waals surface area contributed by atoms with Crippen molar-refractivity contribution in [1.82, 2.24) is 10.2 Å². The number of carbonyl (C=O) groups excluding carboxylic acids is 2. The van der Waals surface area contributed by atoms with E-state index in [1.165, 1.54) is 0 Å². The van der Waals surface area contributed by atoms with Crippen molar-refractivity contribution in [2.24, 2.45) is 5.92 Å². The average molecular weight is 386 g/mol. The fourth-order valence-electron chi connectivity index (χ4n) is 3.16. The first-order valence-corrected chi connectivity index (χ1v) is 9.56. The van der Waals surface area contributed by atoms with E-state index in [1.807, 2.05) is 48.2 Å². The number of hydrogen-bond acceptors (Lipinski definition) is 2. The van der Waals surface area contributed by atoms with E-state index in [4.69, 9.17) is 11.6 Å². The standard InChI is InChI=1S/C21H24ClN3O2/c1-15-3-2-12-25(20(15)26)14-17-6-10-19(11-7-17)24-21(27)23-13-16-4-8-18(22)9-5-16/h4-11,15H,2-3,12-14H2,1H3,(H2,23,24,27)/t15-/m1/s1. The molecule has 5 nitrogen and oxygen atoms in total. The molecule has 1 atom stereocenters. The fraction of sp³-hybridized carbons (Fsp3) is 0.333. The monoisotopic (exact) mass is 385 g/mol. The van der Waals surface area contributed by atoms with Crippen LogP contribution in [0.25, 0.3) is 0 Å². The Kier molecular flexibility index (Phi) is 6.35. The van der Waals surface area contributed by atoms with E-state index >= 15 is 0 Å². The highest BCUT2D eigenvalue weighted by Crippen LogP contribution is 2.20. The van der Waals surface area contributed by atoms with Gasteiger partial charge in [-0.1, -0.05) is 42.8 Å². The highest BCUT2D eigenvalue weighted by molar-refractivity contribution is 6.30. The normalized spacial score (nSPS) is 16.9. The van der Waals surface area contributed by atoms with Crippen LogP contribution in [0.15, 0.2) is 48.5 Å². The minimum Gasteiger partial charge on any atom is -0.338 e. The summed E-state index contributed by atoms with van der Waals surface area (Å²) >= 11 is 5.85. The summed E-state index contributed by atoms with van der Waals surface area (Å²) in [5.74, 6) is 0.342. The molecule has 2 aromatic rings. The van der Waals surface area contributed by atoms with Crippen molar-refractivity contribution in [2.45, 2.75) is 32.9 Å². The molecule has 0 saturated carbocycles. The Hall–Kier alpha value is -2.53. The van der Waals surface area contributed by atoms with Crippen LogP contribution in [0.5, 0.6) is 0 Å². The van der Waals surface area contributed by atoms with Crippen molar-refractivity contribution in [3.8, 4) is 0 Å². The third-order valence-corrected chi connectivity index (χ3v) is 5.00. The number of carbonyl (C=O) groups is 2. The Morgan fingerprint density at radius 1 is 1.11 bits per heavy atom. The summed E-state index contributed by atoms with van der Waals surface area (Å²) in [4.78, 5) is 26.1. The van der Waals surface area contributed by atoms with Crippen LogP contribution in [0.1, 0.15) is 30.9 Å². The molecule has 6 heteroatoms. The van der Waals surface area contributed by atoms with Gasteiger partial charge in [-0.25, -0.2) is 4.79 Å². The summed E-state index contributed by atoms with van der Waals surface area (Å²) < 4.78 is 0. The Morgan fingerprint density at radius 3 is 2.48 bits per heavy atom. The molecule has 0 aromatic heterocycles. The summed E-state index contributed by atoms with van der Waals surface area (Å²) in [5, 5.41) is 6.30. The molecule has 0 unspecified atom stereocenters. The Bertz CT molecular complexity index is 790. The van der Waals surface area contributed by atoms with Crippen LogP contribution in [0.4, 0.5) is 10.5 Å². The first kappa shape index (κ1) is 19.2. The molecule has 0 radical (unpaired) electrons. The van der Waals surface area contributed by atoms with E-state index in [0.717, 1.165) is 30.5 Å². The lowest BCUT2D eigenvalue weighted by molar-refractivity contribution is -0.138. The lowest BCUT2D eigenvalue weighted by Gasteiger charge is -2.30. The van der Waals surface area contributed by atoms with Crippen molar-refractivity contribution in [3.05, 3.63) is 64.7 Å². The van der Waals surface area contributed by atoms with Gasteiger partial charge in [0, 0.05) is 36.3 Å². The van der Waals surface area contributed by atoms with Gasteiger partial charge in [0.15, 0.2) is 0 Å². The molecule has 1 fully saturated rings. The van der Waals surface area contributed by atoms with E-state index in [-0.39, 0.29) is 17.9 Å². The van der Waals surface area contributed by atoms with Crippen LogP contribution in [0.3, 0.4) is 0 Å². The first-order valence-electron chi connectivity index (χ1n) is 9.18. The molecular weight excluding hydrogens is 362 g/mol. The smallest absolute Gasteiger partial charge is 0.319 e. The van der Waals surface area contributed by atoms with Crippen LogP contribution in [-0.2, 0) is 17.9 Å². The number of rotatable bonds is 5. The number of urea groups is 1. The minimum atomic E-state index is -0.266. The molecule has 27 heavy (non-hydrogen) atoms. The number of likely N-dealkylation sites (tertiary alicyclic amines) is 1. The molecule has 142 valence electrons. The van der Waals surface area contributed by atoms with Crippen molar-refractivity contribution >= 4 is 29.2 Å². The molecule has 1 aliphatic rings. The van der Waals surface area contributed by atoms with Crippen molar-refractivity contribution in [1.29, 1.82) is 0 Å². The predicted octanol–water partition coefficient (Wildman–Crippen LogP) is 4.42. The number of nitrogens with zero attached hydrogens (tertiary/aromatic N) is 1. The molecule has 1 saturated heterocycles. The largest absolute Gasteiger partial charge is 0.338 e. The Morgan fingerprint density at radius 2 is 1.78 bits per heavy atom. The second kappa shape index (κ2) is 8.91. The van der Waals surface area contributed by atoms with E-state index in [2.05, 4.69) is 10.6 Å². The van der Waals surface area contributed by atoms with E-state index in [1.54, 1.807) is 12.1 Å². The molecule has 3 amide bonds. The quantitative estimate of drug-likeness (QED) is 0.800. The topological polar surface area (TPSA) is 61.4 Å². The number of amides is 3. The number of benzene rings is 2. The van der Waals surface area contributed by atoms with Gasteiger partial charge in [-0.15, -0.1) is 0 Å². The highest BCUT2D eigenvalue weighted by atomic mass is 35.5. The fourth-order valence-corrected chi connectivity index (χ4v) is 3.29. The molecule has 0 bridgehead atoms. The van der Waals surface area contributed by atoms with Crippen molar-refractivity contribution in [2.75, 3.05) is 11.9 Å². The predicted molar refractivity (Wildman–Crippen MR) is 108 cm³/mol. The second-order valence-corrected chi connectivity index (χ2v) is 7.37. The van der Waals surface area contributed by atoms with Gasteiger partial charge in [0.2, 0.25) is 5.91 Å². The van der Waals surface area contributed by atoms with Gasteiger partial charge < -0.3 is 15.5 Å². The highest BCUT2D eigenvalue weighted by Gasteiger charge is 2.24. The SMILES string of the molecule is C[C@@H]1CCCN(Cc2ccc(NC(=O)NCc3ccc(Cl)cc3)cc2)C1=O. The molecule has 2 aromatic carbocycles. The van der Waals surface area contributed by atoms with Gasteiger partial charge in [-0.3, -0.25) is 4.79 Å². The van der Waals surface area contributed by atoms with Gasteiger partial charge in [0.05, 0.1) is 0 Å². The average Bonchev–Trinajstić information content (AvgIpc) is 2.66. The van der Waals surface area contributed by atoms with E-state index in [0.29, 0.717) is 23.8 Å². The second-order valence-electron chi connectivity index (χ2n) is 6.93. The van der Waals surface area contributed by atoms with Gasteiger partial charge in [-0.2, -0.15) is 0 Å². The van der Waals surface area contributed by atoms with E-state index in [9.17, 15) is 9.59 Å². The number of nitrogens with one attached hydrogen (secondary N) is 2. The number of halogens is 1. The number of hydrogen-bond donors (Lipinski definition) is 2. The summed E-state index contributed by atoms with van der Waals surface area (Å²) in [6.45, 7) is 3.85. The zero-order chi connectivity index (χ0) is 19.2. The third-order valence-electron chi connectivity index (χ3n) is 4.75. The zero-order valence-electron chi connectivity index (χ0n) is 15.4. The van der Waals surface area contributed by atoms with Gasteiger partial charge in [0.25, 0.3) is 0 Å². The lowest BCUT2D eigenvalue weighted by atomic mass is 9.98. The molecule has 1 aliphatic heterocycles. The molecule has 2 N–H and O–H groups in total. The Balaban J connectivity index is 1.49. The summed E-state index contributed by atoms with van der Waals surface area (Å²) in [7, 11) is 0. The summed E-state index contributed by atoms with van der Waals surface area (Å²) in [5.41, 5.74) is 2.75. The van der Waals surface area contributed by atoms with Crippen LogP contribution in [0.2, 0.25) is 5.02 Å². The van der Waals surface area contributed by atoms with Gasteiger partial charge in [0.1, 0.15) is 0 Å². The first-order chi connectivity index (χ1) is 13.0. The molecule has 1 heterocycles. The van der Waals surface area contributed by atoms with Crippen molar-refractivity contribution in [3.63, 3.8) is 0 Å². The van der Waals surface area contributed by atoms with Crippen LogP contribution >= 0.6 is 11.6 Å². The minimum absolute atomic E-state index is 0.115. The maximum Gasteiger partial charge on any atom is 0.319 e. The van der Waals surface area contributed by atoms with Gasteiger partial charge in [-0.05, 0) is 48.2 Å². The molecule has 0 aliphatic carbocycles.